The predicted octanol–water partition coefficient (Wildman–Crippen LogP) is 5.01. The van der Waals surface area contributed by atoms with E-state index in [1.807, 2.05) is 25.1 Å². The summed E-state index contributed by atoms with van der Waals surface area (Å²) in [6.45, 7) is 2.79. The van der Waals surface area contributed by atoms with E-state index in [2.05, 4.69) is 4.98 Å². The Labute approximate surface area is 216 Å². The number of aliphatic hydroxyl groups is 1. The third-order valence-corrected chi connectivity index (χ3v) is 7.45. The Morgan fingerprint density at radius 2 is 1.78 bits per heavy atom. The highest BCUT2D eigenvalue weighted by Gasteiger charge is 2.48. The van der Waals surface area contributed by atoms with Crippen molar-refractivity contribution in [3.8, 4) is 17.2 Å². The van der Waals surface area contributed by atoms with Gasteiger partial charge in [0.1, 0.15) is 24.7 Å². The molecule has 1 atom stereocenters. The SMILES string of the molecule is COc1ccc(C2/C(=C(\O)c3ccc4c(c3)OCCO4)C(=O)C(=O)N2c2nc3ccc(C)cc3s2)cc1. The molecular formula is C28H22N2O6S. The lowest BCUT2D eigenvalue weighted by atomic mass is 9.95. The van der Waals surface area contributed by atoms with Crippen LogP contribution in [0.15, 0.2) is 66.2 Å². The Hall–Kier alpha value is -4.37. The molecule has 8 nitrogen and oxygen atoms in total. The van der Waals surface area contributed by atoms with Crippen molar-refractivity contribution >= 4 is 44.1 Å². The first kappa shape index (κ1) is 23.1. The van der Waals surface area contributed by atoms with E-state index < -0.39 is 17.7 Å². The van der Waals surface area contributed by atoms with Crippen molar-refractivity contribution in [3.63, 3.8) is 0 Å². The molecule has 1 saturated heterocycles. The third kappa shape index (κ3) is 3.88. The van der Waals surface area contributed by atoms with E-state index in [0.717, 1.165) is 15.8 Å². The van der Waals surface area contributed by atoms with Gasteiger partial charge in [0.05, 0.1) is 28.9 Å². The predicted molar refractivity (Wildman–Crippen MR) is 140 cm³/mol. The number of ether oxygens (including phenoxy) is 3. The summed E-state index contributed by atoms with van der Waals surface area (Å²) in [5.74, 6) is -0.190. The molecule has 9 heteroatoms. The van der Waals surface area contributed by atoms with Crippen LogP contribution in [-0.2, 0) is 9.59 Å². The number of carbonyl (C=O) groups excluding carboxylic acids is 2. The lowest BCUT2D eigenvalue weighted by molar-refractivity contribution is -0.132. The minimum absolute atomic E-state index is 0.0257. The smallest absolute Gasteiger partial charge is 0.301 e. The van der Waals surface area contributed by atoms with Crippen LogP contribution in [0.5, 0.6) is 17.2 Å². The Kier molecular flexibility index (Phi) is 5.57. The van der Waals surface area contributed by atoms with E-state index in [-0.39, 0.29) is 11.3 Å². The third-order valence-electron chi connectivity index (χ3n) is 6.43. The summed E-state index contributed by atoms with van der Waals surface area (Å²) in [5.41, 5.74) is 2.75. The van der Waals surface area contributed by atoms with Gasteiger partial charge in [-0.2, -0.15) is 0 Å². The highest BCUT2D eigenvalue weighted by Crippen LogP contribution is 2.45. The molecule has 3 aromatic carbocycles. The molecule has 2 aliphatic heterocycles. The molecule has 0 saturated carbocycles. The average Bonchev–Trinajstić information content (AvgIpc) is 3.45. The van der Waals surface area contributed by atoms with E-state index in [0.29, 0.717) is 46.7 Å². The van der Waals surface area contributed by atoms with E-state index in [1.54, 1.807) is 49.6 Å². The fourth-order valence-corrected chi connectivity index (χ4v) is 5.69. The molecule has 2 aliphatic rings. The average molecular weight is 515 g/mol. The zero-order valence-electron chi connectivity index (χ0n) is 20.1. The minimum Gasteiger partial charge on any atom is -0.507 e. The van der Waals surface area contributed by atoms with Crippen LogP contribution >= 0.6 is 11.3 Å². The van der Waals surface area contributed by atoms with Crippen LogP contribution in [0.4, 0.5) is 5.13 Å². The number of methoxy groups -OCH3 is 1. The Bertz CT molecular complexity index is 1590. The fourth-order valence-electron chi connectivity index (χ4n) is 4.60. The Morgan fingerprint density at radius 1 is 1.03 bits per heavy atom. The van der Waals surface area contributed by atoms with Crippen molar-refractivity contribution in [2.75, 3.05) is 25.2 Å². The number of nitrogens with zero attached hydrogens (tertiary/aromatic N) is 2. The zero-order chi connectivity index (χ0) is 25.7. The maximum absolute atomic E-state index is 13.5. The van der Waals surface area contributed by atoms with Gasteiger partial charge in [0.25, 0.3) is 5.78 Å². The van der Waals surface area contributed by atoms with Crippen molar-refractivity contribution in [1.82, 2.24) is 4.98 Å². The van der Waals surface area contributed by atoms with Gasteiger partial charge in [-0.05, 0) is 60.5 Å². The summed E-state index contributed by atoms with van der Waals surface area (Å²) < 4.78 is 17.4. The van der Waals surface area contributed by atoms with Gasteiger partial charge in [-0.25, -0.2) is 4.98 Å². The fraction of sp³-hybridized carbons (Fsp3) is 0.179. The Balaban J connectivity index is 1.53. The first-order valence-corrected chi connectivity index (χ1v) is 12.5. The van der Waals surface area contributed by atoms with Crippen LogP contribution in [0.3, 0.4) is 0 Å². The number of amides is 1. The molecule has 0 bridgehead atoms. The molecule has 1 fully saturated rings. The van der Waals surface area contributed by atoms with Gasteiger partial charge in [-0.3, -0.25) is 14.5 Å². The standard InChI is InChI=1S/C28H22N2O6S/c1-15-3-9-19-22(13-15)37-28(29-19)30-24(16-4-7-18(34-2)8-5-16)23(26(32)27(30)33)25(31)17-6-10-20-21(14-17)36-12-11-35-20/h3-10,13-14,24,31H,11-12H2,1-2H3/b25-23+. The summed E-state index contributed by atoms with van der Waals surface area (Å²) in [6.07, 6.45) is 0. The van der Waals surface area contributed by atoms with Crippen LogP contribution in [0.25, 0.3) is 16.0 Å². The summed E-state index contributed by atoms with van der Waals surface area (Å²) in [4.78, 5) is 32.9. The van der Waals surface area contributed by atoms with Gasteiger partial charge in [-0.1, -0.05) is 29.5 Å². The highest BCUT2D eigenvalue weighted by molar-refractivity contribution is 7.22. The maximum atomic E-state index is 13.5. The normalized spacial score (nSPS) is 18.4. The van der Waals surface area contributed by atoms with Gasteiger partial charge in [0.15, 0.2) is 16.6 Å². The number of Topliss-reactive ketones (excluding diaryl/α,β-unsaturated/α-hetero) is 1. The van der Waals surface area contributed by atoms with Crippen molar-refractivity contribution in [2.24, 2.45) is 0 Å². The van der Waals surface area contributed by atoms with Crippen LogP contribution in [0.1, 0.15) is 22.7 Å². The van der Waals surface area contributed by atoms with Crippen LogP contribution in [0, 0.1) is 6.92 Å². The number of benzene rings is 3. The molecule has 1 unspecified atom stereocenters. The largest absolute Gasteiger partial charge is 0.507 e. The molecule has 1 N–H and O–H groups in total. The van der Waals surface area contributed by atoms with Crippen molar-refractivity contribution in [2.45, 2.75) is 13.0 Å². The zero-order valence-corrected chi connectivity index (χ0v) is 20.9. The van der Waals surface area contributed by atoms with Crippen LogP contribution in [-0.4, -0.2) is 42.1 Å². The van der Waals surface area contributed by atoms with Gasteiger partial charge >= 0.3 is 5.91 Å². The molecule has 6 rings (SSSR count). The first-order chi connectivity index (χ1) is 17.9. The molecule has 0 spiro atoms. The van der Waals surface area contributed by atoms with E-state index in [1.165, 1.54) is 16.2 Å². The van der Waals surface area contributed by atoms with Crippen molar-refractivity contribution in [1.29, 1.82) is 0 Å². The number of aliphatic hydroxyl groups excluding tert-OH is 1. The molecule has 186 valence electrons. The lowest BCUT2D eigenvalue weighted by Gasteiger charge is -2.23. The maximum Gasteiger partial charge on any atom is 0.301 e. The molecule has 1 aromatic heterocycles. The number of anilines is 1. The van der Waals surface area contributed by atoms with Gasteiger partial charge in [0.2, 0.25) is 0 Å². The second kappa shape index (κ2) is 8.94. The Morgan fingerprint density at radius 3 is 2.54 bits per heavy atom. The second-order valence-electron chi connectivity index (χ2n) is 8.77. The van der Waals surface area contributed by atoms with Crippen LogP contribution in [0.2, 0.25) is 0 Å². The molecule has 37 heavy (non-hydrogen) atoms. The summed E-state index contributed by atoms with van der Waals surface area (Å²) in [7, 11) is 1.56. The number of carbonyl (C=O) groups is 2. The molecule has 0 radical (unpaired) electrons. The molecule has 4 aromatic rings. The van der Waals surface area contributed by atoms with Gasteiger partial charge in [0, 0.05) is 5.56 Å². The quantitative estimate of drug-likeness (QED) is 0.232. The highest BCUT2D eigenvalue weighted by atomic mass is 32.1. The number of aromatic nitrogens is 1. The lowest BCUT2D eigenvalue weighted by Crippen LogP contribution is -2.29. The van der Waals surface area contributed by atoms with Crippen molar-refractivity contribution in [3.05, 3.63) is 82.9 Å². The molecule has 1 amide bonds. The van der Waals surface area contributed by atoms with Gasteiger partial charge in [-0.15, -0.1) is 0 Å². The van der Waals surface area contributed by atoms with Gasteiger partial charge < -0.3 is 19.3 Å². The van der Waals surface area contributed by atoms with E-state index >= 15 is 0 Å². The monoisotopic (exact) mass is 514 g/mol. The molecule has 0 aliphatic carbocycles. The number of thiazole rings is 1. The molecule has 3 heterocycles. The number of fused-ring (bicyclic) bond motifs is 2. The first-order valence-electron chi connectivity index (χ1n) is 11.7. The molecular weight excluding hydrogens is 492 g/mol. The number of hydrogen-bond acceptors (Lipinski definition) is 8. The van der Waals surface area contributed by atoms with E-state index in [9.17, 15) is 14.7 Å². The number of ketones is 1. The number of aryl methyl sites for hydroxylation is 1. The summed E-state index contributed by atoms with van der Waals surface area (Å²) in [6, 6.07) is 16.9. The van der Waals surface area contributed by atoms with Crippen LogP contribution < -0.4 is 19.1 Å². The van der Waals surface area contributed by atoms with Crippen molar-refractivity contribution < 1.29 is 28.9 Å². The minimum atomic E-state index is -0.888. The number of rotatable bonds is 4. The number of hydrogen-bond donors (Lipinski definition) is 1. The summed E-state index contributed by atoms with van der Waals surface area (Å²) in [5, 5.41) is 11.8. The second-order valence-corrected chi connectivity index (χ2v) is 9.78. The summed E-state index contributed by atoms with van der Waals surface area (Å²) >= 11 is 1.33. The topological polar surface area (TPSA) is 98.2 Å². The van der Waals surface area contributed by atoms with E-state index in [4.69, 9.17) is 14.2 Å².